The lowest BCUT2D eigenvalue weighted by Gasteiger charge is -2.31. The van der Waals surface area contributed by atoms with Crippen molar-refractivity contribution in [2.75, 3.05) is 12.3 Å². The lowest BCUT2D eigenvalue weighted by molar-refractivity contribution is 0.0224. The number of rotatable bonds is 0. The number of nitrogen functional groups attached to an aromatic ring is 1. The van der Waals surface area contributed by atoms with Gasteiger partial charge in [-0.05, 0) is 73.0 Å². The normalized spacial score (nSPS) is 15.1. The largest absolute Gasteiger partial charge is 0.444 e. The van der Waals surface area contributed by atoms with E-state index >= 15 is 0 Å². The Morgan fingerprint density at radius 1 is 1.42 bits per heavy atom. The lowest BCUT2D eigenvalue weighted by Crippen LogP contribution is -2.40. The van der Waals surface area contributed by atoms with Gasteiger partial charge in [0.1, 0.15) is 5.60 Å². The van der Waals surface area contributed by atoms with Gasteiger partial charge in [-0.3, -0.25) is 0 Å². The van der Waals surface area contributed by atoms with Crippen LogP contribution in [0.5, 0.6) is 0 Å². The van der Waals surface area contributed by atoms with Gasteiger partial charge >= 0.3 is 6.09 Å². The molecule has 1 heterocycles. The molecule has 2 rings (SSSR count). The molecule has 19 heavy (non-hydrogen) atoms. The summed E-state index contributed by atoms with van der Waals surface area (Å²) in [6, 6.07) is 3.93. The molecule has 1 amide bonds. The summed E-state index contributed by atoms with van der Waals surface area (Å²) in [4.78, 5) is 13.8. The number of benzene rings is 1. The minimum atomic E-state index is -0.457. The van der Waals surface area contributed by atoms with Gasteiger partial charge in [0.2, 0.25) is 0 Å². The summed E-state index contributed by atoms with van der Waals surface area (Å²) in [7, 11) is 0. The van der Waals surface area contributed by atoms with E-state index in [9.17, 15) is 4.79 Å². The summed E-state index contributed by atoms with van der Waals surface area (Å²) in [6.07, 6.45) is 0.600. The first-order chi connectivity index (χ1) is 8.76. The molecule has 1 aliphatic heterocycles. The Morgan fingerprint density at radius 3 is 2.74 bits per heavy atom. The molecule has 104 valence electrons. The Morgan fingerprint density at radius 2 is 2.11 bits per heavy atom. The predicted molar refractivity (Wildman–Crippen MR) is 83.9 cm³/mol. The summed E-state index contributed by atoms with van der Waals surface area (Å²) in [5.74, 6) is 0. The van der Waals surface area contributed by atoms with Crippen LogP contribution >= 0.6 is 22.6 Å². The first kappa shape index (κ1) is 14.4. The van der Waals surface area contributed by atoms with Gasteiger partial charge in [0.05, 0.1) is 0 Å². The van der Waals surface area contributed by atoms with E-state index in [0.717, 1.165) is 17.7 Å². The van der Waals surface area contributed by atoms with Crippen LogP contribution in [0.25, 0.3) is 0 Å². The molecule has 0 spiro atoms. The smallest absolute Gasteiger partial charge is 0.410 e. The Kier molecular flexibility index (Phi) is 3.94. The molecule has 0 aromatic heterocycles. The number of hydrogen-bond acceptors (Lipinski definition) is 3. The first-order valence-electron chi connectivity index (χ1n) is 6.31. The number of carbonyl (C=O) groups is 1. The molecule has 1 aliphatic rings. The summed E-state index contributed by atoms with van der Waals surface area (Å²) in [5.41, 5.74) is 8.58. The van der Waals surface area contributed by atoms with Crippen LogP contribution < -0.4 is 5.73 Å². The van der Waals surface area contributed by atoms with Crippen molar-refractivity contribution in [2.45, 2.75) is 39.3 Å². The number of hydrogen-bond donors (Lipinski definition) is 1. The van der Waals surface area contributed by atoms with Crippen LogP contribution in [0.15, 0.2) is 12.1 Å². The molecule has 5 heteroatoms. The van der Waals surface area contributed by atoms with Crippen LogP contribution in [0.1, 0.15) is 31.9 Å². The van der Waals surface area contributed by atoms with E-state index in [1.807, 2.05) is 32.9 Å². The maximum absolute atomic E-state index is 12.1. The zero-order chi connectivity index (χ0) is 14.2. The van der Waals surface area contributed by atoms with E-state index in [1.165, 1.54) is 9.13 Å². The predicted octanol–water partition coefficient (Wildman–Crippen LogP) is 3.17. The van der Waals surface area contributed by atoms with Gasteiger partial charge in [-0.25, -0.2) is 4.79 Å². The van der Waals surface area contributed by atoms with E-state index in [0.29, 0.717) is 13.1 Å². The maximum Gasteiger partial charge on any atom is 0.410 e. The second-order valence-electron chi connectivity index (χ2n) is 5.79. The molecule has 0 bridgehead atoms. The van der Waals surface area contributed by atoms with Gasteiger partial charge in [0.15, 0.2) is 0 Å². The SMILES string of the molecule is CC(C)(C)OC(=O)N1CCc2c(I)cc(N)cc2C1. The number of amides is 1. The summed E-state index contributed by atoms with van der Waals surface area (Å²) >= 11 is 2.30. The zero-order valence-electron chi connectivity index (χ0n) is 11.5. The number of fused-ring (bicyclic) bond motifs is 1. The highest BCUT2D eigenvalue weighted by Crippen LogP contribution is 2.27. The average Bonchev–Trinajstić information content (AvgIpc) is 2.25. The molecular weight excluding hydrogens is 355 g/mol. The molecule has 0 saturated heterocycles. The highest BCUT2D eigenvalue weighted by Gasteiger charge is 2.26. The monoisotopic (exact) mass is 374 g/mol. The molecule has 0 fully saturated rings. The average molecular weight is 374 g/mol. The van der Waals surface area contributed by atoms with Gasteiger partial charge < -0.3 is 15.4 Å². The second-order valence-corrected chi connectivity index (χ2v) is 6.95. The van der Waals surface area contributed by atoms with E-state index in [2.05, 4.69) is 22.6 Å². The van der Waals surface area contributed by atoms with Gasteiger partial charge in [-0.15, -0.1) is 0 Å². The van der Waals surface area contributed by atoms with Crippen molar-refractivity contribution < 1.29 is 9.53 Å². The standard InChI is InChI=1S/C14H19IN2O2/c1-14(2,3)19-13(18)17-5-4-11-9(8-17)6-10(16)7-12(11)15/h6-7H,4-5,8,16H2,1-3H3. The number of carbonyl (C=O) groups excluding carboxylic acids is 1. The third-order valence-corrected chi connectivity index (χ3v) is 3.92. The Hall–Kier alpha value is -0.980. The highest BCUT2D eigenvalue weighted by molar-refractivity contribution is 14.1. The molecular formula is C14H19IN2O2. The van der Waals surface area contributed by atoms with E-state index in [1.54, 1.807) is 4.90 Å². The van der Waals surface area contributed by atoms with Crippen molar-refractivity contribution in [2.24, 2.45) is 0 Å². The molecule has 1 aromatic carbocycles. The molecule has 4 nitrogen and oxygen atoms in total. The fourth-order valence-electron chi connectivity index (χ4n) is 2.15. The highest BCUT2D eigenvalue weighted by atomic mass is 127. The Bertz CT molecular complexity index is 509. The number of ether oxygens (including phenoxy) is 1. The minimum absolute atomic E-state index is 0.254. The van der Waals surface area contributed by atoms with Crippen LogP contribution in [0.3, 0.4) is 0 Å². The first-order valence-corrected chi connectivity index (χ1v) is 7.39. The summed E-state index contributed by atoms with van der Waals surface area (Å²) in [5, 5.41) is 0. The van der Waals surface area contributed by atoms with Crippen LogP contribution in [0.2, 0.25) is 0 Å². The number of anilines is 1. The third-order valence-electron chi connectivity index (χ3n) is 2.95. The van der Waals surface area contributed by atoms with Crippen LogP contribution in [-0.2, 0) is 17.7 Å². The van der Waals surface area contributed by atoms with Crippen molar-refractivity contribution in [1.29, 1.82) is 0 Å². The van der Waals surface area contributed by atoms with Gasteiger partial charge in [0, 0.05) is 22.3 Å². The number of nitrogens with zero attached hydrogens (tertiary/aromatic N) is 1. The molecule has 0 atom stereocenters. The maximum atomic E-state index is 12.1. The van der Waals surface area contributed by atoms with Crippen molar-refractivity contribution in [3.8, 4) is 0 Å². The molecule has 0 aliphatic carbocycles. The van der Waals surface area contributed by atoms with Crippen molar-refractivity contribution in [1.82, 2.24) is 4.90 Å². The third kappa shape index (κ3) is 3.52. The molecule has 1 aromatic rings. The fourth-order valence-corrected chi connectivity index (χ4v) is 3.13. The second kappa shape index (κ2) is 5.19. The Balaban J connectivity index is 2.16. The Labute approximate surface area is 127 Å². The summed E-state index contributed by atoms with van der Waals surface area (Å²) < 4.78 is 6.58. The number of nitrogens with two attached hydrogens (primary N) is 1. The van der Waals surface area contributed by atoms with E-state index in [4.69, 9.17) is 10.5 Å². The van der Waals surface area contributed by atoms with Gasteiger partial charge in [-0.2, -0.15) is 0 Å². The topological polar surface area (TPSA) is 55.6 Å². The molecule has 0 unspecified atom stereocenters. The zero-order valence-corrected chi connectivity index (χ0v) is 13.7. The van der Waals surface area contributed by atoms with E-state index < -0.39 is 5.60 Å². The van der Waals surface area contributed by atoms with Crippen LogP contribution in [0, 0.1) is 3.57 Å². The van der Waals surface area contributed by atoms with Crippen molar-refractivity contribution in [3.05, 3.63) is 26.8 Å². The molecule has 0 radical (unpaired) electrons. The number of halogens is 1. The quantitative estimate of drug-likeness (QED) is 0.561. The van der Waals surface area contributed by atoms with Crippen LogP contribution in [0.4, 0.5) is 10.5 Å². The summed E-state index contributed by atoms with van der Waals surface area (Å²) in [6.45, 7) is 6.91. The van der Waals surface area contributed by atoms with Crippen molar-refractivity contribution >= 4 is 34.4 Å². The fraction of sp³-hybridized carbons (Fsp3) is 0.500. The van der Waals surface area contributed by atoms with Crippen LogP contribution in [-0.4, -0.2) is 23.1 Å². The lowest BCUT2D eigenvalue weighted by atomic mass is 9.99. The van der Waals surface area contributed by atoms with Gasteiger partial charge in [-0.1, -0.05) is 0 Å². The molecule has 2 N–H and O–H groups in total. The minimum Gasteiger partial charge on any atom is -0.444 e. The van der Waals surface area contributed by atoms with Gasteiger partial charge in [0.25, 0.3) is 0 Å². The van der Waals surface area contributed by atoms with Crippen molar-refractivity contribution in [3.63, 3.8) is 0 Å². The van der Waals surface area contributed by atoms with E-state index in [-0.39, 0.29) is 6.09 Å². The molecule has 0 saturated carbocycles.